The fourth-order valence-corrected chi connectivity index (χ4v) is 1.58. The minimum atomic E-state index is -4.32. The van der Waals surface area contributed by atoms with Crippen LogP contribution >= 0.6 is 0 Å². The van der Waals surface area contributed by atoms with Gasteiger partial charge in [-0.15, -0.1) is 6.42 Å². The standard InChI is InChI=1S/C15H16F4N2O/c1-4-14(2,3)21-13(22)11-9-10(16)5-6-12(11)20-8-7-15(17,18)19/h1,5-6,9,20H,7-8H2,2-3H3,(H,21,22). The second-order valence-corrected chi connectivity index (χ2v) is 5.21. The normalized spacial score (nSPS) is 11.7. The van der Waals surface area contributed by atoms with Crippen LogP contribution in [0.1, 0.15) is 30.6 Å². The maximum absolute atomic E-state index is 13.3. The van der Waals surface area contributed by atoms with E-state index in [0.29, 0.717) is 0 Å². The maximum atomic E-state index is 13.3. The van der Waals surface area contributed by atoms with Crippen molar-refractivity contribution in [3.8, 4) is 12.3 Å². The first-order valence-corrected chi connectivity index (χ1v) is 6.44. The molecule has 7 heteroatoms. The van der Waals surface area contributed by atoms with E-state index in [-0.39, 0.29) is 11.3 Å². The molecule has 1 rings (SSSR count). The Morgan fingerprint density at radius 2 is 1.95 bits per heavy atom. The number of alkyl halides is 3. The average Bonchev–Trinajstić information content (AvgIpc) is 2.38. The number of amides is 1. The first-order valence-electron chi connectivity index (χ1n) is 6.44. The zero-order valence-corrected chi connectivity index (χ0v) is 12.1. The van der Waals surface area contributed by atoms with Gasteiger partial charge in [0.15, 0.2) is 0 Å². The molecule has 1 amide bonds. The van der Waals surface area contributed by atoms with Crippen molar-refractivity contribution in [3.05, 3.63) is 29.6 Å². The van der Waals surface area contributed by atoms with Crippen LogP contribution in [0.25, 0.3) is 0 Å². The summed E-state index contributed by atoms with van der Waals surface area (Å²) in [6.07, 6.45) is -0.137. The van der Waals surface area contributed by atoms with Crippen molar-refractivity contribution in [1.82, 2.24) is 5.32 Å². The van der Waals surface area contributed by atoms with Crippen molar-refractivity contribution >= 4 is 11.6 Å². The molecular formula is C15H16F4N2O. The largest absolute Gasteiger partial charge is 0.390 e. The van der Waals surface area contributed by atoms with E-state index in [4.69, 9.17) is 6.42 Å². The average molecular weight is 316 g/mol. The van der Waals surface area contributed by atoms with Crippen LogP contribution in [0.3, 0.4) is 0 Å². The molecule has 3 nitrogen and oxygen atoms in total. The molecule has 0 atom stereocenters. The molecule has 0 aromatic heterocycles. The number of halogens is 4. The van der Waals surface area contributed by atoms with Crippen LogP contribution in [-0.2, 0) is 0 Å². The van der Waals surface area contributed by atoms with Crippen molar-refractivity contribution in [2.75, 3.05) is 11.9 Å². The fraction of sp³-hybridized carbons (Fsp3) is 0.400. The van der Waals surface area contributed by atoms with Gasteiger partial charge in [-0.2, -0.15) is 13.2 Å². The summed E-state index contributed by atoms with van der Waals surface area (Å²) in [6, 6.07) is 3.21. The minimum absolute atomic E-state index is 0.106. The molecule has 0 radical (unpaired) electrons. The van der Waals surface area contributed by atoms with Crippen LogP contribution in [0.2, 0.25) is 0 Å². The third-order valence-corrected chi connectivity index (χ3v) is 2.74. The number of hydrogen-bond donors (Lipinski definition) is 2. The lowest BCUT2D eigenvalue weighted by atomic mass is 10.1. The van der Waals surface area contributed by atoms with Gasteiger partial charge in [0.2, 0.25) is 0 Å². The summed E-state index contributed by atoms with van der Waals surface area (Å²) in [4.78, 5) is 12.1. The Balaban J connectivity index is 2.91. The molecule has 0 bridgehead atoms. The number of benzene rings is 1. The van der Waals surface area contributed by atoms with E-state index in [1.807, 2.05) is 0 Å². The third kappa shape index (κ3) is 5.64. The highest BCUT2D eigenvalue weighted by Crippen LogP contribution is 2.22. The number of carbonyl (C=O) groups excluding carboxylic acids is 1. The Morgan fingerprint density at radius 3 is 2.50 bits per heavy atom. The van der Waals surface area contributed by atoms with Crippen molar-refractivity contribution in [3.63, 3.8) is 0 Å². The van der Waals surface area contributed by atoms with Gasteiger partial charge in [-0.25, -0.2) is 4.39 Å². The van der Waals surface area contributed by atoms with E-state index < -0.39 is 36.4 Å². The first kappa shape index (κ1) is 17.8. The highest BCUT2D eigenvalue weighted by atomic mass is 19.4. The smallest absolute Gasteiger partial charge is 0.384 e. The van der Waals surface area contributed by atoms with Crippen LogP contribution in [0.15, 0.2) is 18.2 Å². The molecule has 0 saturated heterocycles. The Hall–Kier alpha value is -2.23. The number of nitrogens with one attached hydrogen (secondary N) is 2. The summed E-state index contributed by atoms with van der Waals surface area (Å²) in [7, 11) is 0. The number of anilines is 1. The van der Waals surface area contributed by atoms with Gasteiger partial charge in [0.05, 0.1) is 17.5 Å². The zero-order valence-electron chi connectivity index (χ0n) is 12.1. The summed E-state index contributed by atoms with van der Waals surface area (Å²) < 4.78 is 49.8. The SMILES string of the molecule is C#CC(C)(C)NC(=O)c1cc(F)ccc1NCCC(F)(F)F. The van der Waals surface area contributed by atoms with E-state index in [9.17, 15) is 22.4 Å². The van der Waals surface area contributed by atoms with Crippen molar-refractivity contribution in [1.29, 1.82) is 0 Å². The number of rotatable bonds is 5. The second-order valence-electron chi connectivity index (χ2n) is 5.21. The van der Waals surface area contributed by atoms with Gasteiger partial charge in [-0.1, -0.05) is 5.92 Å². The molecule has 0 aliphatic carbocycles. The summed E-state index contributed by atoms with van der Waals surface area (Å²) in [6.45, 7) is 2.72. The van der Waals surface area contributed by atoms with Gasteiger partial charge >= 0.3 is 6.18 Å². The van der Waals surface area contributed by atoms with Crippen LogP contribution in [0, 0.1) is 18.2 Å². The van der Waals surface area contributed by atoms with Crippen molar-refractivity contribution in [2.24, 2.45) is 0 Å². The Kier molecular flexibility index (Phi) is 5.42. The Morgan fingerprint density at radius 1 is 1.32 bits per heavy atom. The van der Waals surface area contributed by atoms with Crippen LogP contribution in [-0.4, -0.2) is 24.2 Å². The van der Waals surface area contributed by atoms with Crippen LogP contribution in [0.4, 0.5) is 23.2 Å². The molecule has 2 N–H and O–H groups in total. The molecule has 0 aliphatic heterocycles. The van der Waals surface area contributed by atoms with E-state index in [1.54, 1.807) is 13.8 Å². The number of hydrogen-bond acceptors (Lipinski definition) is 2. The van der Waals surface area contributed by atoms with Gasteiger partial charge in [-0.05, 0) is 32.0 Å². The highest BCUT2D eigenvalue weighted by Gasteiger charge is 2.27. The molecule has 1 aromatic carbocycles. The Labute approximate surface area is 126 Å². The van der Waals surface area contributed by atoms with Crippen LogP contribution < -0.4 is 10.6 Å². The molecule has 120 valence electrons. The molecule has 0 aliphatic rings. The molecular weight excluding hydrogens is 300 g/mol. The van der Waals surface area contributed by atoms with Crippen LogP contribution in [0.5, 0.6) is 0 Å². The van der Waals surface area contributed by atoms with Gasteiger partial charge in [0.25, 0.3) is 5.91 Å². The maximum Gasteiger partial charge on any atom is 0.390 e. The van der Waals surface area contributed by atoms with E-state index >= 15 is 0 Å². The van der Waals surface area contributed by atoms with Gasteiger partial charge in [0.1, 0.15) is 5.82 Å². The van der Waals surface area contributed by atoms with Gasteiger partial charge < -0.3 is 10.6 Å². The summed E-state index contributed by atoms with van der Waals surface area (Å²) >= 11 is 0. The second kappa shape index (κ2) is 6.69. The topological polar surface area (TPSA) is 41.1 Å². The molecule has 1 aromatic rings. The third-order valence-electron chi connectivity index (χ3n) is 2.74. The lowest BCUT2D eigenvalue weighted by Crippen LogP contribution is -2.42. The molecule has 0 unspecified atom stereocenters. The van der Waals surface area contributed by atoms with Crippen molar-refractivity contribution in [2.45, 2.75) is 32.0 Å². The predicted octanol–water partition coefficient (Wildman–Crippen LogP) is 3.33. The zero-order chi connectivity index (χ0) is 17.0. The van der Waals surface area contributed by atoms with E-state index in [1.165, 1.54) is 6.07 Å². The molecule has 0 heterocycles. The molecule has 0 saturated carbocycles. The molecule has 0 fully saturated rings. The quantitative estimate of drug-likeness (QED) is 0.646. The lowest BCUT2D eigenvalue weighted by Gasteiger charge is -2.21. The van der Waals surface area contributed by atoms with E-state index in [2.05, 4.69) is 16.6 Å². The van der Waals surface area contributed by atoms with E-state index in [0.717, 1.165) is 12.1 Å². The fourth-order valence-electron chi connectivity index (χ4n) is 1.58. The van der Waals surface area contributed by atoms with Crippen molar-refractivity contribution < 1.29 is 22.4 Å². The highest BCUT2D eigenvalue weighted by molar-refractivity contribution is 6.00. The lowest BCUT2D eigenvalue weighted by molar-refractivity contribution is -0.131. The summed E-state index contributed by atoms with van der Waals surface area (Å²) in [5.41, 5.74) is -0.964. The molecule has 22 heavy (non-hydrogen) atoms. The first-order chi connectivity index (χ1) is 10.0. The predicted molar refractivity (Wildman–Crippen MR) is 75.9 cm³/mol. The molecule has 0 spiro atoms. The number of terminal acetylenes is 1. The van der Waals surface area contributed by atoms with Gasteiger partial charge in [-0.3, -0.25) is 4.79 Å². The summed E-state index contributed by atoms with van der Waals surface area (Å²) in [5.74, 6) is 0.999. The minimum Gasteiger partial charge on any atom is -0.384 e. The summed E-state index contributed by atoms with van der Waals surface area (Å²) in [5, 5.41) is 4.98. The Bertz CT molecular complexity index is 588. The number of carbonyl (C=O) groups is 1. The van der Waals surface area contributed by atoms with Gasteiger partial charge in [0, 0.05) is 12.2 Å². The monoisotopic (exact) mass is 316 g/mol.